The summed E-state index contributed by atoms with van der Waals surface area (Å²) in [5, 5.41) is 0. The molecule has 0 bridgehead atoms. The number of nitrogen functional groups attached to an aromatic ring is 1. The molecule has 1 aromatic rings. The zero-order chi connectivity index (χ0) is 10.0. The van der Waals surface area contributed by atoms with E-state index in [9.17, 15) is 13.6 Å². The predicted octanol–water partition coefficient (Wildman–Crippen LogP) is 0.353. The molecule has 4 nitrogen and oxygen atoms in total. The zero-order valence-electron chi connectivity index (χ0n) is 6.68. The van der Waals surface area contributed by atoms with E-state index in [4.69, 9.17) is 11.5 Å². The van der Waals surface area contributed by atoms with E-state index in [1.165, 1.54) is 0 Å². The highest BCUT2D eigenvalue weighted by molar-refractivity contribution is 5.46. The quantitative estimate of drug-likeness (QED) is 0.627. The van der Waals surface area contributed by atoms with Crippen molar-refractivity contribution in [2.24, 2.45) is 5.73 Å². The summed E-state index contributed by atoms with van der Waals surface area (Å²) in [6, 6.07) is 1.02. The minimum atomic E-state index is -2.73. The van der Waals surface area contributed by atoms with Crippen molar-refractivity contribution >= 4 is 5.69 Å². The first-order valence-electron chi connectivity index (χ1n) is 3.56. The van der Waals surface area contributed by atoms with E-state index in [2.05, 4.69) is 0 Å². The molecule has 0 radical (unpaired) electrons. The van der Waals surface area contributed by atoms with E-state index in [0.717, 1.165) is 6.07 Å². The Morgan fingerprint density at radius 2 is 2.15 bits per heavy atom. The Hall–Kier alpha value is -1.43. The number of alkyl halides is 2. The molecule has 72 valence electrons. The van der Waals surface area contributed by atoms with Gasteiger partial charge in [0.25, 0.3) is 12.0 Å². The molecule has 5 N–H and O–H groups in total. The number of hydrogen-bond donors (Lipinski definition) is 3. The van der Waals surface area contributed by atoms with Crippen molar-refractivity contribution in [1.29, 1.82) is 0 Å². The van der Waals surface area contributed by atoms with Gasteiger partial charge in [0.05, 0.1) is 11.3 Å². The second-order valence-corrected chi connectivity index (χ2v) is 2.49. The molecule has 1 rings (SSSR count). The van der Waals surface area contributed by atoms with Gasteiger partial charge in [0.1, 0.15) is 0 Å². The van der Waals surface area contributed by atoms with Crippen LogP contribution in [0.3, 0.4) is 0 Å². The van der Waals surface area contributed by atoms with Crippen LogP contribution in [0.25, 0.3) is 0 Å². The Bertz CT molecular complexity index is 361. The summed E-state index contributed by atoms with van der Waals surface area (Å²) >= 11 is 0. The van der Waals surface area contributed by atoms with Gasteiger partial charge in [-0.05, 0) is 6.07 Å². The van der Waals surface area contributed by atoms with Gasteiger partial charge in [-0.25, -0.2) is 8.78 Å². The van der Waals surface area contributed by atoms with E-state index in [1.54, 1.807) is 0 Å². The van der Waals surface area contributed by atoms with E-state index in [-0.39, 0.29) is 17.8 Å². The molecule has 0 aliphatic heterocycles. The number of rotatable bonds is 2. The van der Waals surface area contributed by atoms with Gasteiger partial charge in [0, 0.05) is 12.2 Å². The smallest absolute Gasteiger partial charge is 0.278 e. The van der Waals surface area contributed by atoms with Crippen molar-refractivity contribution in [2.75, 3.05) is 5.73 Å². The van der Waals surface area contributed by atoms with Crippen molar-refractivity contribution in [3.8, 4) is 0 Å². The van der Waals surface area contributed by atoms with Crippen LogP contribution in [-0.2, 0) is 6.54 Å². The van der Waals surface area contributed by atoms with Gasteiger partial charge in [0.15, 0.2) is 0 Å². The van der Waals surface area contributed by atoms with Gasteiger partial charge in [-0.15, -0.1) is 0 Å². The van der Waals surface area contributed by atoms with Gasteiger partial charge in [-0.1, -0.05) is 0 Å². The molecule has 0 atom stereocenters. The van der Waals surface area contributed by atoms with Gasteiger partial charge >= 0.3 is 0 Å². The number of hydrogen-bond acceptors (Lipinski definition) is 3. The van der Waals surface area contributed by atoms with Gasteiger partial charge in [0.2, 0.25) is 0 Å². The molecule has 0 aliphatic carbocycles. The van der Waals surface area contributed by atoms with Crippen molar-refractivity contribution in [3.05, 3.63) is 27.7 Å². The van der Waals surface area contributed by atoms with Gasteiger partial charge in [-0.3, -0.25) is 4.79 Å². The van der Waals surface area contributed by atoms with Crippen molar-refractivity contribution < 1.29 is 8.78 Å². The molecule has 0 saturated heterocycles. The molecule has 0 fully saturated rings. The molecule has 0 saturated carbocycles. The van der Waals surface area contributed by atoms with Crippen LogP contribution in [-0.4, -0.2) is 4.98 Å². The standard InChI is InChI=1S/C7H9F2N3O/c8-6(9)5-1-4(11)3(2-10)7(13)12-5/h1,6H,2,10H2,(H3,11,12,13). The third kappa shape index (κ3) is 1.83. The largest absolute Gasteiger partial charge is 0.398 e. The Morgan fingerprint density at radius 3 is 2.54 bits per heavy atom. The minimum Gasteiger partial charge on any atom is -0.398 e. The van der Waals surface area contributed by atoms with E-state index in [0.29, 0.717) is 0 Å². The highest BCUT2D eigenvalue weighted by Crippen LogP contribution is 2.17. The lowest BCUT2D eigenvalue weighted by molar-refractivity contribution is 0.146. The topological polar surface area (TPSA) is 84.9 Å². The Labute approximate surface area is 72.6 Å². The van der Waals surface area contributed by atoms with Crippen LogP contribution in [0.4, 0.5) is 14.5 Å². The first kappa shape index (κ1) is 9.66. The summed E-state index contributed by atoms with van der Waals surface area (Å²) in [6.45, 7) is -0.0648. The monoisotopic (exact) mass is 189 g/mol. The fourth-order valence-corrected chi connectivity index (χ4v) is 0.956. The van der Waals surface area contributed by atoms with E-state index < -0.39 is 17.7 Å². The van der Waals surface area contributed by atoms with Gasteiger partial charge < -0.3 is 16.5 Å². The average molecular weight is 189 g/mol. The van der Waals surface area contributed by atoms with Crippen molar-refractivity contribution in [3.63, 3.8) is 0 Å². The number of nitrogens with one attached hydrogen (secondary N) is 1. The van der Waals surface area contributed by atoms with E-state index in [1.807, 2.05) is 4.98 Å². The molecule has 1 heterocycles. The number of aromatic amines is 1. The summed E-state index contributed by atoms with van der Waals surface area (Å²) < 4.78 is 24.2. The Kier molecular flexibility index (Phi) is 2.62. The maximum absolute atomic E-state index is 12.1. The van der Waals surface area contributed by atoms with Crippen molar-refractivity contribution in [2.45, 2.75) is 13.0 Å². The van der Waals surface area contributed by atoms with Crippen LogP contribution in [0.2, 0.25) is 0 Å². The van der Waals surface area contributed by atoms with Gasteiger partial charge in [-0.2, -0.15) is 0 Å². The number of halogens is 2. The zero-order valence-corrected chi connectivity index (χ0v) is 6.68. The Balaban J connectivity index is 3.29. The first-order valence-corrected chi connectivity index (χ1v) is 3.56. The van der Waals surface area contributed by atoms with Crippen LogP contribution in [0.5, 0.6) is 0 Å². The lowest BCUT2D eigenvalue weighted by Crippen LogP contribution is -2.20. The fraction of sp³-hybridized carbons (Fsp3) is 0.286. The van der Waals surface area contributed by atoms with Crippen LogP contribution >= 0.6 is 0 Å². The summed E-state index contributed by atoms with van der Waals surface area (Å²) in [5.41, 5.74) is 9.52. The molecule has 0 aliphatic rings. The molecule has 0 unspecified atom stereocenters. The highest BCUT2D eigenvalue weighted by atomic mass is 19.3. The second-order valence-electron chi connectivity index (χ2n) is 2.49. The molecule has 1 aromatic heterocycles. The summed E-state index contributed by atoms with van der Waals surface area (Å²) in [5.74, 6) is 0. The van der Waals surface area contributed by atoms with Crippen LogP contribution in [0.15, 0.2) is 10.9 Å². The van der Waals surface area contributed by atoms with Crippen molar-refractivity contribution in [1.82, 2.24) is 4.98 Å². The summed E-state index contributed by atoms with van der Waals surface area (Å²) in [6.07, 6.45) is -2.73. The number of pyridine rings is 1. The maximum atomic E-state index is 12.1. The molecular weight excluding hydrogens is 180 g/mol. The lowest BCUT2D eigenvalue weighted by atomic mass is 10.2. The molecule has 0 amide bonds. The summed E-state index contributed by atoms with van der Waals surface area (Å²) in [4.78, 5) is 13.0. The normalized spacial score (nSPS) is 10.8. The summed E-state index contributed by atoms with van der Waals surface area (Å²) in [7, 11) is 0. The molecule has 0 aromatic carbocycles. The average Bonchev–Trinajstić information content (AvgIpc) is 2.03. The molecule has 6 heteroatoms. The first-order chi connectivity index (χ1) is 6.06. The second kappa shape index (κ2) is 3.53. The third-order valence-electron chi connectivity index (χ3n) is 1.63. The Morgan fingerprint density at radius 1 is 1.54 bits per heavy atom. The number of anilines is 1. The van der Waals surface area contributed by atoms with Crippen LogP contribution in [0.1, 0.15) is 17.7 Å². The minimum absolute atomic E-state index is 0.00144. The maximum Gasteiger partial charge on any atom is 0.278 e. The van der Waals surface area contributed by atoms with Crippen LogP contribution in [0, 0.1) is 0 Å². The number of nitrogens with two attached hydrogens (primary N) is 2. The number of aromatic nitrogens is 1. The third-order valence-corrected chi connectivity index (χ3v) is 1.63. The number of H-pyrrole nitrogens is 1. The molecule has 13 heavy (non-hydrogen) atoms. The highest BCUT2D eigenvalue weighted by Gasteiger charge is 2.11. The molecular formula is C7H9F2N3O. The van der Waals surface area contributed by atoms with E-state index >= 15 is 0 Å². The lowest BCUT2D eigenvalue weighted by Gasteiger charge is -2.04. The molecule has 0 spiro atoms. The fourth-order valence-electron chi connectivity index (χ4n) is 0.956. The SMILES string of the molecule is NCc1c(N)cc(C(F)F)[nH]c1=O. The predicted molar refractivity (Wildman–Crippen MR) is 44.3 cm³/mol. The van der Waals surface area contributed by atoms with Crippen LogP contribution < -0.4 is 17.0 Å².